The molecule has 2 aliphatic rings. The van der Waals surface area contributed by atoms with Crippen LogP contribution < -0.4 is 0 Å². The third-order valence-corrected chi connectivity index (χ3v) is 7.18. The molecule has 0 unspecified atom stereocenters. The van der Waals surface area contributed by atoms with E-state index in [0.29, 0.717) is 5.21 Å². The quantitative estimate of drug-likeness (QED) is 0.656. The van der Waals surface area contributed by atoms with Crippen molar-refractivity contribution in [2.45, 2.75) is 127 Å². The van der Waals surface area contributed by atoms with Gasteiger partial charge in [-0.25, -0.2) is 0 Å². The topological polar surface area (TPSA) is 0 Å². The van der Waals surface area contributed by atoms with E-state index in [9.17, 15) is 0 Å². The van der Waals surface area contributed by atoms with Crippen LogP contribution in [0.5, 0.6) is 0 Å². The van der Waals surface area contributed by atoms with Gasteiger partial charge in [-0.15, -0.1) is 0 Å². The lowest BCUT2D eigenvalue weighted by Crippen LogP contribution is -2.31. The summed E-state index contributed by atoms with van der Waals surface area (Å²) in [5.74, 6) is 1.06. The van der Waals surface area contributed by atoms with Crippen LogP contribution >= 0.6 is 0 Å². The van der Waals surface area contributed by atoms with Crippen LogP contribution in [-0.4, -0.2) is 29.2 Å². The molecule has 0 atom stereocenters. The smallest absolute Gasteiger partial charge is 0.0884 e. The standard InChI is InChI=1S/C20H42B4/c21-20(17-13-9-5-2-6-10-14-18-20)23-24-22-19-15-11-7-3-1-4-8-12-16-19/h19,22-24H,1-18,21H2. The molecule has 2 fully saturated rings. The second kappa shape index (κ2) is 12.6. The third-order valence-electron chi connectivity index (χ3n) is 7.18. The molecule has 0 heterocycles. The lowest BCUT2D eigenvalue weighted by Gasteiger charge is -2.30. The molecule has 0 N–H and O–H groups in total. The third kappa shape index (κ3) is 9.09. The molecule has 0 aromatic heterocycles. The monoisotopic (exact) mass is 326 g/mol. The van der Waals surface area contributed by atoms with Crippen molar-refractivity contribution in [1.29, 1.82) is 0 Å². The maximum atomic E-state index is 2.63. The van der Waals surface area contributed by atoms with Crippen molar-refractivity contribution in [1.82, 2.24) is 0 Å². The molecule has 2 rings (SSSR count). The molecule has 0 aliphatic heterocycles. The molecule has 0 aromatic carbocycles. The molecule has 0 amide bonds. The fourth-order valence-electron chi connectivity index (χ4n) is 5.36. The maximum Gasteiger partial charge on any atom is 0.0987 e. The maximum absolute atomic E-state index is 2.63. The Labute approximate surface area is 156 Å². The molecule has 24 heavy (non-hydrogen) atoms. The molecule has 2 aliphatic carbocycles. The minimum atomic E-state index is 0.674. The minimum absolute atomic E-state index is 0.674. The van der Waals surface area contributed by atoms with Crippen molar-refractivity contribution in [3.8, 4) is 0 Å². The van der Waals surface area contributed by atoms with Crippen molar-refractivity contribution in [3.63, 3.8) is 0 Å². The van der Waals surface area contributed by atoms with Crippen molar-refractivity contribution in [3.05, 3.63) is 0 Å². The SMILES string of the molecule is BC1(BBBC2CCCCCCCCC2)CCCCCCCCC1. The Bertz CT molecular complexity index is 288. The Morgan fingerprint density at radius 3 is 1.50 bits per heavy atom. The average Bonchev–Trinajstić information content (AvgIpc) is 2.59. The highest BCUT2D eigenvalue weighted by atomic mass is 14.1. The number of hydrogen-bond donors (Lipinski definition) is 0. The van der Waals surface area contributed by atoms with Gasteiger partial charge in [0.1, 0.15) is 0 Å². The van der Waals surface area contributed by atoms with E-state index >= 15 is 0 Å². The van der Waals surface area contributed by atoms with Crippen molar-refractivity contribution < 1.29 is 0 Å². The molecule has 4 heteroatoms. The van der Waals surface area contributed by atoms with Crippen LogP contribution in [0, 0.1) is 0 Å². The second-order valence-electron chi connectivity index (χ2n) is 9.60. The van der Waals surface area contributed by atoms with Gasteiger partial charge in [-0.1, -0.05) is 127 Å². The summed E-state index contributed by atoms with van der Waals surface area (Å²) in [4.78, 5) is 0. The van der Waals surface area contributed by atoms with Gasteiger partial charge in [0.05, 0.1) is 29.2 Å². The molecular weight excluding hydrogens is 283 g/mol. The van der Waals surface area contributed by atoms with E-state index in [2.05, 4.69) is 7.85 Å². The highest BCUT2D eigenvalue weighted by molar-refractivity contribution is 7.31. The molecule has 0 nitrogen and oxygen atoms in total. The molecule has 0 radical (unpaired) electrons. The summed E-state index contributed by atoms with van der Waals surface area (Å²) in [5.41, 5.74) is 0. The molecule has 0 saturated heterocycles. The normalized spacial score (nSPS) is 25.3. The molecule has 0 spiro atoms. The molecule has 134 valence electrons. The van der Waals surface area contributed by atoms with E-state index in [1.165, 1.54) is 137 Å². The van der Waals surface area contributed by atoms with E-state index in [-0.39, 0.29) is 0 Å². The van der Waals surface area contributed by atoms with Gasteiger partial charge in [-0.3, -0.25) is 0 Å². The van der Waals surface area contributed by atoms with Gasteiger partial charge in [0, 0.05) is 0 Å². The van der Waals surface area contributed by atoms with E-state index in [1.807, 2.05) is 0 Å². The molecule has 0 aromatic rings. The zero-order valence-corrected chi connectivity index (χ0v) is 16.9. The van der Waals surface area contributed by atoms with Gasteiger partial charge in [0.15, 0.2) is 0 Å². The Morgan fingerprint density at radius 2 is 1.00 bits per heavy atom. The zero-order chi connectivity index (χ0) is 16.9. The summed E-state index contributed by atoms with van der Waals surface area (Å²) in [7, 11) is 7.20. The van der Waals surface area contributed by atoms with Crippen molar-refractivity contribution in [2.24, 2.45) is 0 Å². The molecular formula is C20H42B4. The second-order valence-corrected chi connectivity index (χ2v) is 9.60. The van der Waals surface area contributed by atoms with Gasteiger partial charge in [0.25, 0.3) is 0 Å². The van der Waals surface area contributed by atoms with E-state index in [4.69, 9.17) is 0 Å². The van der Waals surface area contributed by atoms with Gasteiger partial charge < -0.3 is 0 Å². The van der Waals surface area contributed by atoms with Crippen LogP contribution in [0.3, 0.4) is 0 Å². The lowest BCUT2D eigenvalue weighted by molar-refractivity contribution is 0.481. The first-order valence-electron chi connectivity index (χ1n) is 11.8. The van der Waals surface area contributed by atoms with Gasteiger partial charge in [-0.05, 0) is 0 Å². The Balaban J connectivity index is 1.70. The summed E-state index contributed by atoms with van der Waals surface area (Å²) in [5, 5.41) is 0.674. The van der Waals surface area contributed by atoms with Crippen LogP contribution in [0.2, 0.25) is 11.0 Å². The van der Waals surface area contributed by atoms with Crippen molar-refractivity contribution in [2.75, 3.05) is 0 Å². The zero-order valence-electron chi connectivity index (χ0n) is 16.9. The highest BCUT2D eigenvalue weighted by Crippen LogP contribution is 2.35. The fourth-order valence-corrected chi connectivity index (χ4v) is 5.36. The summed E-state index contributed by atoms with van der Waals surface area (Å²) < 4.78 is 0. The molecule has 0 bridgehead atoms. The van der Waals surface area contributed by atoms with Gasteiger partial charge in [-0.2, -0.15) is 0 Å². The Hall–Kier alpha value is 0.260. The predicted molar refractivity (Wildman–Crippen MR) is 120 cm³/mol. The lowest BCUT2D eigenvalue weighted by atomic mass is 9.09. The summed E-state index contributed by atoms with van der Waals surface area (Å²) in [6, 6.07) is 0. The van der Waals surface area contributed by atoms with E-state index in [0.717, 1.165) is 5.82 Å². The number of rotatable bonds is 4. The Morgan fingerprint density at radius 1 is 0.583 bits per heavy atom. The largest absolute Gasteiger partial charge is 0.0987 e. The first kappa shape index (κ1) is 20.6. The summed E-state index contributed by atoms with van der Waals surface area (Å²) >= 11 is 0. The van der Waals surface area contributed by atoms with Gasteiger partial charge >= 0.3 is 0 Å². The summed E-state index contributed by atoms with van der Waals surface area (Å²) in [6.45, 7) is 0. The van der Waals surface area contributed by atoms with Crippen LogP contribution in [0.25, 0.3) is 0 Å². The van der Waals surface area contributed by atoms with Crippen molar-refractivity contribution >= 4 is 29.2 Å². The van der Waals surface area contributed by atoms with Crippen LogP contribution in [-0.2, 0) is 0 Å². The molecule has 2 saturated carbocycles. The number of hydrogen-bond acceptors (Lipinski definition) is 0. The average molecular weight is 326 g/mol. The van der Waals surface area contributed by atoms with Crippen LogP contribution in [0.1, 0.15) is 116 Å². The van der Waals surface area contributed by atoms with Crippen LogP contribution in [0.4, 0.5) is 0 Å². The van der Waals surface area contributed by atoms with E-state index < -0.39 is 0 Å². The predicted octanol–water partition coefficient (Wildman–Crippen LogP) is 4.71. The minimum Gasteiger partial charge on any atom is -0.0884 e. The highest BCUT2D eigenvalue weighted by Gasteiger charge is 2.25. The first-order chi connectivity index (χ1) is 11.8. The first-order valence-corrected chi connectivity index (χ1v) is 11.8. The van der Waals surface area contributed by atoms with Gasteiger partial charge in [0.2, 0.25) is 0 Å². The Kier molecular flexibility index (Phi) is 10.8. The fraction of sp³-hybridized carbons (Fsp3) is 1.00. The summed E-state index contributed by atoms with van der Waals surface area (Å²) in [6.07, 6.45) is 27.2. The van der Waals surface area contributed by atoms with E-state index in [1.54, 1.807) is 0 Å². The van der Waals surface area contributed by atoms with Crippen LogP contribution in [0.15, 0.2) is 0 Å².